The lowest BCUT2D eigenvalue weighted by molar-refractivity contribution is -0.385. The summed E-state index contributed by atoms with van der Waals surface area (Å²) in [6, 6.07) is 28.4. The first kappa shape index (κ1) is 27.9. The smallest absolute Gasteiger partial charge is 0.269 e. The maximum atomic E-state index is 11.4. The zero-order chi connectivity index (χ0) is 28.8. The van der Waals surface area contributed by atoms with Crippen LogP contribution in [0.4, 0.5) is 17.1 Å². The Bertz CT molecular complexity index is 1500. The van der Waals surface area contributed by atoms with Crippen LogP contribution in [-0.2, 0) is 0 Å². The molecule has 0 atom stereocenters. The number of benzene rings is 4. The van der Waals surface area contributed by atoms with Gasteiger partial charge in [-0.2, -0.15) is 0 Å². The van der Waals surface area contributed by atoms with Gasteiger partial charge in [-0.05, 0) is 42.9 Å². The van der Waals surface area contributed by atoms with Crippen molar-refractivity contribution in [2.45, 2.75) is 0 Å². The van der Waals surface area contributed by atoms with Gasteiger partial charge in [0.1, 0.15) is 0 Å². The first-order chi connectivity index (χ1) is 19.2. The van der Waals surface area contributed by atoms with Crippen molar-refractivity contribution in [3.63, 3.8) is 0 Å². The van der Waals surface area contributed by atoms with E-state index < -0.39 is 21.5 Å². The third-order valence-electron chi connectivity index (χ3n) is 6.47. The molecule has 40 heavy (non-hydrogen) atoms. The monoisotopic (exact) mass is 536 g/mol. The number of nitro groups is 3. The molecule has 0 saturated heterocycles. The molecule has 11 heteroatoms. The summed E-state index contributed by atoms with van der Waals surface area (Å²) in [5.74, 6) is 0. The van der Waals surface area contributed by atoms with E-state index in [2.05, 4.69) is 0 Å². The van der Waals surface area contributed by atoms with Crippen molar-refractivity contribution in [3.05, 3.63) is 145 Å². The van der Waals surface area contributed by atoms with E-state index in [1.54, 1.807) is 36.4 Å². The van der Waals surface area contributed by atoms with Gasteiger partial charge in [-0.1, -0.05) is 71.0 Å². The van der Waals surface area contributed by atoms with Crippen LogP contribution in [0.25, 0.3) is 11.0 Å². The number of non-ortho nitro benzene ring substituents is 3. The van der Waals surface area contributed by atoms with Gasteiger partial charge >= 0.3 is 0 Å². The Balaban J connectivity index is 2.07. The van der Waals surface area contributed by atoms with Crippen molar-refractivity contribution in [2.75, 3.05) is 20.6 Å². The minimum Gasteiger partial charge on any atom is -0.305 e. The minimum absolute atomic E-state index is 0.0563. The van der Waals surface area contributed by atoms with E-state index in [0.717, 1.165) is 27.5 Å². The second-order valence-electron chi connectivity index (χ2n) is 9.43. The largest absolute Gasteiger partial charge is 0.305 e. The Morgan fingerprint density at radius 2 is 1.00 bits per heavy atom. The van der Waals surface area contributed by atoms with Crippen LogP contribution < -0.4 is 10.9 Å². The second-order valence-corrected chi connectivity index (χ2v) is 9.43. The van der Waals surface area contributed by atoms with Gasteiger partial charge in [0.05, 0.1) is 14.8 Å². The van der Waals surface area contributed by atoms with Gasteiger partial charge in [-0.3, -0.25) is 30.3 Å². The Hall–Kier alpha value is -5.16. The van der Waals surface area contributed by atoms with Crippen molar-refractivity contribution >= 4 is 45.7 Å². The molecule has 4 rings (SSSR count). The van der Waals surface area contributed by atoms with Crippen LogP contribution in [0.2, 0.25) is 0 Å². The number of rotatable bonds is 10. The average Bonchev–Trinajstić information content (AvgIpc) is 2.95. The van der Waals surface area contributed by atoms with E-state index in [1.807, 2.05) is 49.3 Å². The molecule has 0 unspecified atom stereocenters. The summed E-state index contributed by atoms with van der Waals surface area (Å²) < 4.78 is 0. The maximum absolute atomic E-state index is 11.4. The topological polar surface area (TPSA) is 133 Å². The van der Waals surface area contributed by atoms with E-state index >= 15 is 0 Å². The molecule has 0 spiro atoms. The fourth-order valence-corrected chi connectivity index (χ4v) is 4.67. The Labute approximate surface area is 230 Å². The molecule has 0 aliphatic rings. The van der Waals surface area contributed by atoms with E-state index in [0.29, 0.717) is 12.1 Å². The van der Waals surface area contributed by atoms with E-state index in [-0.39, 0.29) is 17.1 Å². The van der Waals surface area contributed by atoms with E-state index in [1.165, 1.54) is 36.4 Å². The summed E-state index contributed by atoms with van der Waals surface area (Å²) >= 11 is 0. The average molecular weight is 536 g/mol. The zero-order valence-electron chi connectivity index (χ0n) is 21.8. The lowest BCUT2D eigenvalue weighted by Crippen LogP contribution is -2.44. The van der Waals surface area contributed by atoms with Gasteiger partial charge in [0.25, 0.3) is 17.1 Å². The van der Waals surface area contributed by atoms with Gasteiger partial charge in [-0.25, -0.2) is 0 Å². The summed E-state index contributed by atoms with van der Waals surface area (Å²) in [5.41, 5.74) is 4.65. The highest BCUT2D eigenvalue weighted by molar-refractivity contribution is 7.00. The Morgan fingerprint density at radius 3 is 1.38 bits per heavy atom. The van der Waals surface area contributed by atoms with Gasteiger partial charge < -0.3 is 4.90 Å². The Morgan fingerprint density at radius 1 is 0.600 bits per heavy atom. The fourth-order valence-electron chi connectivity index (χ4n) is 4.67. The molecule has 0 fully saturated rings. The van der Waals surface area contributed by atoms with Crippen LogP contribution in [0.15, 0.2) is 103 Å². The lowest BCUT2D eigenvalue weighted by atomic mass is 9.34. The number of hydrogen-bond acceptors (Lipinski definition) is 7. The molecule has 10 nitrogen and oxygen atoms in total. The van der Waals surface area contributed by atoms with Crippen molar-refractivity contribution in [2.24, 2.45) is 0 Å². The minimum atomic E-state index is -0.516. The predicted octanol–water partition coefficient (Wildman–Crippen LogP) is 4.73. The summed E-state index contributed by atoms with van der Waals surface area (Å²) in [7, 11) is 3.87. The molecule has 0 saturated carbocycles. The molecule has 0 amide bonds. The van der Waals surface area contributed by atoms with Crippen LogP contribution in [0.1, 0.15) is 11.1 Å². The quantitative estimate of drug-likeness (QED) is 0.124. The number of nitrogens with zero attached hydrogens (tertiary/aromatic N) is 4. The molecular weight excluding hydrogens is 511 g/mol. The molecule has 0 aliphatic heterocycles. The van der Waals surface area contributed by atoms with Gasteiger partial charge in [0.2, 0.25) is 6.71 Å². The highest BCUT2D eigenvalue weighted by Crippen LogP contribution is 2.31. The first-order valence-electron chi connectivity index (χ1n) is 12.3. The number of hydrogen-bond donors (Lipinski definition) is 0. The molecular formula is C29H25BN4O6. The molecule has 0 bridgehead atoms. The molecule has 0 aliphatic carbocycles. The summed E-state index contributed by atoms with van der Waals surface area (Å²) in [5, 5.41) is 34.2. The van der Waals surface area contributed by atoms with Crippen molar-refractivity contribution in [1.82, 2.24) is 4.90 Å². The number of nitro benzene ring substituents is 3. The van der Waals surface area contributed by atoms with Crippen LogP contribution in [0.5, 0.6) is 0 Å². The first-order valence-corrected chi connectivity index (χ1v) is 12.3. The van der Waals surface area contributed by atoms with Gasteiger partial charge in [-0.15, -0.1) is 0 Å². The zero-order valence-corrected chi connectivity index (χ0v) is 21.8. The third kappa shape index (κ3) is 6.28. The van der Waals surface area contributed by atoms with Crippen molar-refractivity contribution in [3.8, 4) is 0 Å². The van der Waals surface area contributed by atoms with Crippen molar-refractivity contribution in [1.29, 1.82) is 0 Å². The second kappa shape index (κ2) is 12.1. The van der Waals surface area contributed by atoms with Crippen molar-refractivity contribution < 1.29 is 14.8 Å². The SMILES string of the molecule is CN(C)C/C(=C(\B(c1ccc([N+](=O)[O-])cc1)c1ccc([N+](=O)[O-])cc1)c1ccc([N+](=O)[O-])cc1)c1ccccc1. The molecule has 0 aromatic heterocycles. The normalized spacial score (nSPS) is 11.6. The van der Waals surface area contributed by atoms with E-state index in [9.17, 15) is 30.3 Å². The summed E-state index contributed by atoms with van der Waals surface area (Å²) in [4.78, 5) is 34.8. The molecule has 0 N–H and O–H groups in total. The van der Waals surface area contributed by atoms with Crippen LogP contribution in [0, 0.1) is 30.3 Å². The molecule has 0 radical (unpaired) electrons. The summed E-state index contributed by atoms with van der Waals surface area (Å²) in [6.45, 7) is -0.00879. The van der Waals surface area contributed by atoms with Gasteiger partial charge in [0, 0.05) is 42.9 Å². The summed E-state index contributed by atoms with van der Waals surface area (Å²) in [6.07, 6.45) is 0. The van der Waals surface area contributed by atoms with Gasteiger partial charge in [0.15, 0.2) is 0 Å². The van der Waals surface area contributed by atoms with Crippen LogP contribution in [0.3, 0.4) is 0 Å². The van der Waals surface area contributed by atoms with E-state index in [4.69, 9.17) is 0 Å². The fraction of sp³-hybridized carbons (Fsp3) is 0.103. The molecule has 4 aromatic carbocycles. The lowest BCUT2D eigenvalue weighted by Gasteiger charge is -2.26. The van der Waals surface area contributed by atoms with Crippen LogP contribution in [-0.4, -0.2) is 47.0 Å². The van der Waals surface area contributed by atoms with Crippen LogP contribution >= 0.6 is 0 Å². The molecule has 4 aromatic rings. The number of likely N-dealkylation sites (N-methyl/N-ethyl adjacent to an activating group) is 1. The maximum Gasteiger partial charge on any atom is 0.269 e. The third-order valence-corrected chi connectivity index (χ3v) is 6.47. The predicted molar refractivity (Wildman–Crippen MR) is 156 cm³/mol. The highest BCUT2D eigenvalue weighted by Gasteiger charge is 2.30. The Kier molecular flexibility index (Phi) is 8.46. The highest BCUT2D eigenvalue weighted by atomic mass is 16.6. The molecule has 200 valence electrons. The standard InChI is InChI=1S/C29H25BN4O6/c1-31(2)20-28(21-6-4-3-5-7-21)29(22-8-14-25(15-9-22)32(35)36)30(23-10-16-26(17-11-23)33(37)38)24-12-18-27(19-13-24)34(39)40/h3-19H,20H2,1-2H3/b29-28+. The molecule has 0 heterocycles.